The summed E-state index contributed by atoms with van der Waals surface area (Å²) < 4.78 is 7.87. The number of hydrogen-bond acceptors (Lipinski definition) is 4. The molecule has 5 heteroatoms. The van der Waals surface area contributed by atoms with Gasteiger partial charge in [0.25, 0.3) is 0 Å². The molecule has 1 N–H and O–H groups in total. The molecule has 1 aromatic heterocycles. The van der Waals surface area contributed by atoms with Crippen LogP contribution in [0.3, 0.4) is 0 Å². The van der Waals surface area contributed by atoms with Crippen molar-refractivity contribution in [2.45, 2.75) is 57.4 Å². The summed E-state index contributed by atoms with van der Waals surface area (Å²) >= 11 is 2.08. The molecule has 0 spiro atoms. The second kappa shape index (κ2) is 6.85. The molecule has 0 saturated carbocycles. The van der Waals surface area contributed by atoms with Crippen molar-refractivity contribution in [1.29, 1.82) is 0 Å². The largest absolute Gasteiger partial charge is 0.493 e. The average molecular weight is 297 g/mol. The lowest BCUT2D eigenvalue weighted by atomic mass is 9.92. The van der Waals surface area contributed by atoms with Crippen molar-refractivity contribution in [3.05, 3.63) is 11.9 Å². The third-order valence-electron chi connectivity index (χ3n) is 4.10. The number of aryl methyl sites for hydroxylation is 1. The molecule has 0 aromatic carbocycles. The molecular formula is C15H27N3OS. The molecule has 20 heavy (non-hydrogen) atoms. The Bertz CT molecular complexity index is 405. The first-order valence-electron chi connectivity index (χ1n) is 7.63. The van der Waals surface area contributed by atoms with Crippen molar-refractivity contribution >= 4 is 11.8 Å². The van der Waals surface area contributed by atoms with E-state index in [-0.39, 0.29) is 4.75 Å². The highest BCUT2D eigenvalue weighted by molar-refractivity contribution is 8.00. The molecule has 2 rings (SSSR count). The Kier molecular flexibility index (Phi) is 5.38. The standard InChI is InChI=1S/C15H27N3OS/c1-5-9-16-14(15(3)8-7-10-20-15)13-12(19-4)11-17-18(13)6-2/h11,14,16H,5-10H2,1-4H3. The van der Waals surface area contributed by atoms with E-state index in [9.17, 15) is 0 Å². The summed E-state index contributed by atoms with van der Waals surface area (Å²) in [6.07, 6.45) is 5.54. The van der Waals surface area contributed by atoms with Gasteiger partial charge in [-0.1, -0.05) is 6.92 Å². The van der Waals surface area contributed by atoms with Crippen molar-refractivity contribution in [2.75, 3.05) is 19.4 Å². The number of nitrogens with one attached hydrogen (secondary N) is 1. The first-order valence-corrected chi connectivity index (χ1v) is 8.61. The number of methoxy groups -OCH3 is 1. The van der Waals surface area contributed by atoms with Crippen LogP contribution in [0, 0.1) is 0 Å². The monoisotopic (exact) mass is 297 g/mol. The topological polar surface area (TPSA) is 39.1 Å². The zero-order valence-corrected chi connectivity index (χ0v) is 13.9. The summed E-state index contributed by atoms with van der Waals surface area (Å²) in [5.41, 5.74) is 1.21. The highest BCUT2D eigenvalue weighted by atomic mass is 32.2. The van der Waals surface area contributed by atoms with Crippen LogP contribution in [-0.4, -0.2) is 33.9 Å². The fourth-order valence-corrected chi connectivity index (χ4v) is 4.40. The molecule has 2 atom stereocenters. The van der Waals surface area contributed by atoms with Gasteiger partial charge in [-0.15, -0.1) is 0 Å². The first kappa shape index (κ1) is 15.7. The minimum Gasteiger partial charge on any atom is -0.493 e. The molecule has 1 saturated heterocycles. The summed E-state index contributed by atoms with van der Waals surface area (Å²) in [5, 5.41) is 8.22. The Morgan fingerprint density at radius 2 is 2.35 bits per heavy atom. The van der Waals surface area contributed by atoms with E-state index in [2.05, 4.69) is 47.6 Å². The van der Waals surface area contributed by atoms with E-state index < -0.39 is 0 Å². The molecule has 1 fully saturated rings. The van der Waals surface area contributed by atoms with Gasteiger partial charge >= 0.3 is 0 Å². The molecule has 1 aliphatic rings. The summed E-state index contributed by atoms with van der Waals surface area (Å²) in [7, 11) is 1.74. The van der Waals surface area contributed by atoms with E-state index in [0.717, 1.165) is 25.3 Å². The third-order valence-corrected chi connectivity index (χ3v) is 5.69. The van der Waals surface area contributed by atoms with Crippen molar-refractivity contribution in [3.63, 3.8) is 0 Å². The smallest absolute Gasteiger partial charge is 0.161 e. The van der Waals surface area contributed by atoms with Gasteiger partial charge in [-0.05, 0) is 45.4 Å². The van der Waals surface area contributed by atoms with Crippen LogP contribution in [0.1, 0.15) is 51.8 Å². The van der Waals surface area contributed by atoms with E-state index in [1.54, 1.807) is 7.11 Å². The molecule has 0 amide bonds. The Labute approximate surface area is 126 Å². The molecule has 2 heterocycles. The van der Waals surface area contributed by atoms with Gasteiger partial charge in [-0.2, -0.15) is 16.9 Å². The summed E-state index contributed by atoms with van der Waals surface area (Å²) in [6.45, 7) is 8.63. The molecule has 4 nitrogen and oxygen atoms in total. The molecule has 0 aliphatic carbocycles. The molecule has 2 unspecified atom stereocenters. The Morgan fingerprint density at radius 1 is 1.55 bits per heavy atom. The Balaban J connectivity index is 2.37. The molecule has 114 valence electrons. The van der Waals surface area contributed by atoms with Gasteiger partial charge < -0.3 is 10.1 Å². The van der Waals surface area contributed by atoms with E-state index in [1.807, 2.05) is 6.20 Å². The van der Waals surface area contributed by atoms with Crippen LogP contribution in [0.5, 0.6) is 5.75 Å². The van der Waals surface area contributed by atoms with E-state index in [1.165, 1.54) is 24.3 Å². The van der Waals surface area contributed by atoms with Gasteiger partial charge in [0.15, 0.2) is 5.75 Å². The quantitative estimate of drug-likeness (QED) is 0.838. The van der Waals surface area contributed by atoms with E-state index >= 15 is 0 Å². The molecule has 0 radical (unpaired) electrons. The van der Waals surface area contributed by atoms with E-state index in [0.29, 0.717) is 6.04 Å². The second-order valence-electron chi connectivity index (χ2n) is 5.57. The first-order chi connectivity index (χ1) is 9.66. The van der Waals surface area contributed by atoms with Crippen LogP contribution in [0.4, 0.5) is 0 Å². The van der Waals surface area contributed by atoms with Crippen LogP contribution < -0.4 is 10.1 Å². The van der Waals surface area contributed by atoms with Crippen molar-refractivity contribution < 1.29 is 4.74 Å². The van der Waals surface area contributed by atoms with Crippen LogP contribution in [0.2, 0.25) is 0 Å². The zero-order chi connectivity index (χ0) is 14.6. The van der Waals surface area contributed by atoms with Crippen LogP contribution in [0.15, 0.2) is 6.20 Å². The maximum absolute atomic E-state index is 5.56. The van der Waals surface area contributed by atoms with Gasteiger partial charge in [0.05, 0.1) is 25.0 Å². The fourth-order valence-electron chi connectivity index (χ4n) is 3.00. The summed E-state index contributed by atoms with van der Waals surface area (Å²) in [6, 6.07) is 0.298. The number of ether oxygens (including phenoxy) is 1. The highest BCUT2D eigenvalue weighted by Crippen LogP contribution is 2.48. The number of hydrogen-bond donors (Lipinski definition) is 1. The van der Waals surface area contributed by atoms with Crippen LogP contribution in [0.25, 0.3) is 0 Å². The van der Waals surface area contributed by atoms with Gasteiger partial charge in [-0.25, -0.2) is 0 Å². The van der Waals surface area contributed by atoms with Crippen LogP contribution >= 0.6 is 11.8 Å². The lowest BCUT2D eigenvalue weighted by Gasteiger charge is -2.34. The van der Waals surface area contributed by atoms with Crippen molar-refractivity contribution in [3.8, 4) is 5.75 Å². The Morgan fingerprint density at radius 3 is 2.90 bits per heavy atom. The SMILES string of the molecule is CCCNC(c1c(OC)cnn1CC)C1(C)CCCS1. The Hall–Kier alpha value is -0.680. The summed E-state index contributed by atoms with van der Waals surface area (Å²) in [5.74, 6) is 2.16. The van der Waals surface area contributed by atoms with Gasteiger partial charge in [0.1, 0.15) is 0 Å². The van der Waals surface area contributed by atoms with Crippen molar-refractivity contribution in [1.82, 2.24) is 15.1 Å². The van der Waals surface area contributed by atoms with Gasteiger partial charge in [-0.3, -0.25) is 4.68 Å². The number of rotatable bonds is 7. The minimum atomic E-state index is 0.232. The summed E-state index contributed by atoms with van der Waals surface area (Å²) in [4.78, 5) is 0. The molecule has 1 aliphatic heterocycles. The van der Waals surface area contributed by atoms with Gasteiger partial charge in [0, 0.05) is 11.3 Å². The molecule has 1 aromatic rings. The number of thioether (sulfide) groups is 1. The predicted octanol–water partition coefficient (Wildman–Crippen LogP) is 3.24. The van der Waals surface area contributed by atoms with Crippen molar-refractivity contribution in [2.24, 2.45) is 0 Å². The number of aromatic nitrogens is 2. The van der Waals surface area contributed by atoms with E-state index in [4.69, 9.17) is 4.74 Å². The van der Waals surface area contributed by atoms with Gasteiger partial charge in [0.2, 0.25) is 0 Å². The zero-order valence-electron chi connectivity index (χ0n) is 13.1. The highest BCUT2D eigenvalue weighted by Gasteiger charge is 2.41. The molecular weight excluding hydrogens is 270 g/mol. The lowest BCUT2D eigenvalue weighted by Crippen LogP contribution is -2.39. The normalized spacial score (nSPS) is 24.0. The minimum absolute atomic E-state index is 0.232. The fraction of sp³-hybridized carbons (Fsp3) is 0.800. The molecule has 0 bridgehead atoms. The maximum Gasteiger partial charge on any atom is 0.161 e. The average Bonchev–Trinajstić information content (AvgIpc) is 3.06. The third kappa shape index (κ3) is 2.98. The maximum atomic E-state index is 5.56. The second-order valence-corrected chi connectivity index (χ2v) is 7.20. The predicted molar refractivity (Wildman–Crippen MR) is 85.6 cm³/mol. The lowest BCUT2D eigenvalue weighted by molar-refractivity contribution is 0.356. The van der Waals surface area contributed by atoms with Crippen LogP contribution in [-0.2, 0) is 6.54 Å². The number of nitrogens with zero attached hydrogens (tertiary/aromatic N) is 2.